The number of nitrogens with zero attached hydrogens (tertiary/aromatic N) is 1. The Balaban J connectivity index is 1.50. The van der Waals surface area contributed by atoms with Gasteiger partial charge in [0, 0.05) is 11.9 Å². The fourth-order valence-corrected chi connectivity index (χ4v) is 3.26. The van der Waals surface area contributed by atoms with Crippen LogP contribution in [0.2, 0.25) is 0 Å². The summed E-state index contributed by atoms with van der Waals surface area (Å²) < 4.78 is 23.7. The summed E-state index contributed by atoms with van der Waals surface area (Å²) in [5, 5.41) is 1.94. The van der Waals surface area contributed by atoms with E-state index in [1.807, 2.05) is 17.5 Å². The maximum Gasteiger partial charge on any atom is 0.338 e. The third-order valence-electron chi connectivity index (χ3n) is 4.11. The monoisotopic (exact) mass is 413 g/mol. The Morgan fingerprint density at radius 3 is 2.59 bits per heavy atom. The quantitative estimate of drug-likeness (QED) is 0.517. The van der Waals surface area contributed by atoms with Crippen LogP contribution < -0.4 is 4.74 Å². The Hall–Kier alpha value is -3.19. The number of carbonyl (C=O) groups excluding carboxylic acids is 2. The molecule has 0 saturated heterocycles. The number of carbonyl (C=O) groups is 2. The highest BCUT2D eigenvalue weighted by Crippen LogP contribution is 2.16. The molecule has 0 aliphatic rings. The largest absolute Gasteiger partial charge is 0.489 e. The van der Waals surface area contributed by atoms with Gasteiger partial charge in [0.15, 0.2) is 6.61 Å². The van der Waals surface area contributed by atoms with Crippen LogP contribution >= 0.6 is 11.3 Å². The number of thiophene rings is 1. The summed E-state index contributed by atoms with van der Waals surface area (Å²) in [7, 11) is 1.67. The van der Waals surface area contributed by atoms with E-state index in [1.54, 1.807) is 54.8 Å². The molecule has 0 aliphatic carbocycles. The van der Waals surface area contributed by atoms with Gasteiger partial charge in [-0.15, -0.1) is 11.3 Å². The number of halogens is 1. The Bertz CT molecular complexity index is 957. The average Bonchev–Trinajstić information content (AvgIpc) is 3.24. The van der Waals surface area contributed by atoms with Gasteiger partial charge in [-0.25, -0.2) is 9.18 Å². The molecule has 0 bridgehead atoms. The lowest BCUT2D eigenvalue weighted by Crippen LogP contribution is -2.30. The molecule has 0 radical (unpaired) electrons. The van der Waals surface area contributed by atoms with Crippen LogP contribution in [0, 0.1) is 5.82 Å². The molecule has 29 heavy (non-hydrogen) atoms. The third kappa shape index (κ3) is 6.15. The number of likely N-dealkylation sites (N-methyl/N-ethyl adjacent to an activating group) is 1. The molecule has 0 spiro atoms. The minimum absolute atomic E-state index is 0.241. The number of amides is 1. The lowest BCUT2D eigenvalue weighted by atomic mass is 10.2. The van der Waals surface area contributed by atoms with Crippen molar-refractivity contribution in [3.8, 4) is 5.75 Å². The zero-order valence-corrected chi connectivity index (χ0v) is 16.7. The maximum absolute atomic E-state index is 12.9. The molecule has 0 N–H and O–H groups in total. The smallest absolute Gasteiger partial charge is 0.338 e. The second-order valence-corrected chi connectivity index (χ2v) is 7.38. The van der Waals surface area contributed by atoms with Crippen molar-refractivity contribution in [1.82, 2.24) is 4.90 Å². The van der Waals surface area contributed by atoms with Gasteiger partial charge in [-0.05, 0) is 47.3 Å². The fourth-order valence-electron chi connectivity index (χ4n) is 2.51. The summed E-state index contributed by atoms with van der Waals surface area (Å²) in [6.07, 6.45) is 0. The fraction of sp³-hybridized carbons (Fsp3) is 0.182. The molecule has 150 valence electrons. The third-order valence-corrected chi connectivity index (χ3v) is 4.98. The van der Waals surface area contributed by atoms with Crippen molar-refractivity contribution >= 4 is 23.2 Å². The van der Waals surface area contributed by atoms with Crippen molar-refractivity contribution in [3.63, 3.8) is 0 Å². The first-order valence-corrected chi connectivity index (χ1v) is 9.80. The van der Waals surface area contributed by atoms with Gasteiger partial charge in [0.2, 0.25) is 0 Å². The molecule has 2 aromatic carbocycles. The van der Waals surface area contributed by atoms with E-state index >= 15 is 0 Å². The molecule has 1 amide bonds. The summed E-state index contributed by atoms with van der Waals surface area (Å²) in [4.78, 5) is 27.0. The lowest BCUT2D eigenvalue weighted by Gasteiger charge is -2.16. The molecule has 3 rings (SSSR count). The van der Waals surface area contributed by atoms with Crippen molar-refractivity contribution in [3.05, 3.63) is 87.9 Å². The first kappa shape index (κ1) is 20.5. The second-order valence-electron chi connectivity index (χ2n) is 6.35. The van der Waals surface area contributed by atoms with Gasteiger partial charge in [-0.3, -0.25) is 4.79 Å². The van der Waals surface area contributed by atoms with Gasteiger partial charge < -0.3 is 14.4 Å². The van der Waals surface area contributed by atoms with E-state index in [1.165, 1.54) is 17.0 Å². The molecule has 0 unspecified atom stereocenters. The highest BCUT2D eigenvalue weighted by Gasteiger charge is 2.14. The van der Waals surface area contributed by atoms with Crippen LogP contribution in [0.15, 0.2) is 66.0 Å². The Kier molecular flexibility index (Phi) is 6.97. The Labute approximate surface area is 172 Å². The SMILES string of the molecule is CN(Cc1cccs1)C(=O)COC(=O)c1cccc(OCc2ccc(F)cc2)c1. The number of hydrogen-bond acceptors (Lipinski definition) is 5. The zero-order chi connectivity index (χ0) is 20.6. The van der Waals surface area contributed by atoms with E-state index in [0.717, 1.165) is 10.4 Å². The van der Waals surface area contributed by atoms with E-state index in [4.69, 9.17) is 9.47 Å². The molecular weight excluding hydrogens is 393 g/mol. The van der Waals surface area contributed by atoms with Crippen molar-refractivity contribution in [1.29, 1.82) is 0 Å². The van der Waals surface area contributed by atoms with Gasteiger partial charge in [0.1, 0.15) is 18.2 Å². The van der Waals surface area contributed by atoms with Crippen LogP contribution in [0.25, 0.3) is 0 Å². The van der Waals surface area contributed by atoms with E-state index in [-0.39, 0.29) is 30.5 Å². The predicted octanol–water partition coefficient (Wildman–Crippen LogP) is 4.28. The van der Waals surface area contributed by atoms with Crippen LogP contribution in [-0.2, 0) is 22.7 Å². The minimum atomic E-state index is -0.602. The number of hydrogen-bond donors (Lipinski definition) is 0. The molecule has 1 aromatic heterocycles. The molecule has 0 saturated carbocycles. The van der Waals surface area contributed by atoms with Gasteiger partial charge in [-0.1, -0.05) is 24.3 Å². The molecule has 0 aliphatic heterocycles. The summed E-state index contributed by atoms with van der Waals surface area (Å²) in [5.74, 6) is -0.718. The topological polar surface area (TPSA) is 55.8 Å². The Morgan fingerprint density at radius 1 is 1.07 bits per heavy atom. The minimum Gasteiger partial charge on any atom is -0.489 e. The molecule has 7 heteroatoms. The number of esters is 1. The first-order valence-electron chi connectivity index (χ1n) is 8.92. The second kappa shape index (κ2) is 9.84. The van der Waals surface area contributed by atoms with Crippen LogP contribution in [0.1, 0.15) is 20.8 Å². The van der Waals surface area contributed by atoms with Crippen molar-refractivity contribution in [2.75, 3.05) is 13.7 Å². The van der Waals surface area contributed by atoms with Gasteiger partial charge >= 0.3 is 5.97 Å². The van der Waals surface area contributed by atoms with Crippen LogP contribution in [0.5, 0.6) is 5.75 Å². The van der Waals surface area contributed by atoms with Gasteiger partial charge in [0.25, 0.3) is 5.91 Å². The molecule has 3 aromatic rings. The van der Waals surface area contributed by atoms with Crippen LogP contribution in [-0.4, -0.2) is 30.4 Å². The standard InChI is InChI=1S/C22H20FNO4S/c1-24(13-20-6-3-11-29-20)21(25)15-28-22(26)17-4-2-5-19(12-17)27-14-16-7-9-18(23)10-8-16/h2-12H,13-15H2,1H3. The lowest BCUT2D eigenvalue weighted by molar-refractivity contribution is -0.133. The number of ether oxygens (including phenoxy) is 2. The predicted molar refractivity (Wildman–Crippen MR) is 108 cm³/mol. The van der Waals surface area contributed by atoms with Crippen molar-refractivity contribution < 1.29 is 23.5 Å². The van der Waals surface area contributed by atoms with Crippen LogP contribution in [0.4, 0.5) is 4.39 Å². The summed E-state index contributed by atoms with van der Waals surface area (Å²) in [5.41, 5.74) is 1.09. The van der Waals surface area contributed by atoms with E-state index < -0.39 is 5.97 Å². The normalized spacial score (nSPS) is 10.4. The molecule has 5 nitrogen and oxygen atoms in total. The summed E-state index contributed by atoms with van der Waals surface area (Å²) in [6.45, 7) is 0.382. The molecule has 0 atom stereocenters. The Morgan fingerprint density at radius 2 is 1.86 bits per heavy atom. The highest BCUT2D eigenvalue weighted by molar-refractivity contribution is 7.09. The van der Waals surface area contributed by atoms with Crippen molar-refractivity contribution in [2.24, 2.45) is 0 Å². The summed E-state index contributed by atoms with van der Waals surface area (Å²) >= 11 is 1.56. The first-order chi connectivity index (χ1) is 14.0. The van der Waals surface area contributed by atoms with E-state index in [2.05, 4.69) is 0 Å². The van der Waals surface area contributed by atoms with E-state index in [9.17, 15) is 14.0 Å². The average molecular weight is 413 g/mol. The molecule has 0 fully saturated rings. The zero-order valence-electron chi connectivity index (χ0n) is 15.8. The number of rotatable bonds is 8. The van der Waals surface area contributed by atoms with Crippen molar-refractivity contribution in [2.45, 2.75) is 13.2 Å². The summed E-state index contributed by atoms with van der Waals surface area (Å²) in [6, 6.07) is 16.4. The van der Waals surface area contributed by atoms with Crippen LogP contribution in [0.3, 0.4) is 0 Å². The highest BCUT2D eigenvalue weighted by atomic mass is 32.1. The van der Waals surface area contributed by atoms with Gasteiger partial charge in [-0.2, -0.15) is 0 Å². The molecular formula is C22H20FNO4S. The molecule has 1 heterocycles. The van der Waals surface area contributed by atoms with E-state index in [0.29, 0.717) is 12.3 Å². The van der Waals surface area contributed by atoms with Gasteiger partial charge in [0.05, 0.1) is 12.1 Å². The number of benzene rings is 2. The maximum atomic E-state index is 12.9.